The lowest BCUT2D eigenvalue weighted by molar-refractivity contribution is -0.0452. The third-order valence-electron chi connectivity index (χ3n) is 2.48. The van der Waals surface area contributed by atoms with E-state index in [0.29, 0.717) is 0 Å². The van der Waals surface area contributed by atoms with Crippen molar-refractivity contribution in [2.45, 2.75) is 24.4 Å². The summed E-state index contributed by atoms with van der Waals surface area (Å²) < 4.78 is 4.89. The van der Waals surface area contributed by atoms with Gasteiger partial charge in [0.15, 0.2) is 0 Å². The second-order valence-electron chi connectivity index (χ2n) is 3.11. The maximum absolute atomic E-state index is 9.36. The minimum absolute atomic E-state index is 0.237. The van der Waals surface area contributed by atoms with Gasteiger partial charge >= 0.3 is 0 Å². The van der Waals surface area contributed by atoms with Gasteiger partial charge < -0.3 is 25.8 Å². The highest BCUT2D eigenvalue weighted by Gasteiger charge is 2.47. The second-order valence-corrected chi connectivity index (χ2v) is 3.11. The molecule has 0 aromatic rings. The van der Waals surface area contributed by atoms with Gasteiger partial charge in [-0.05, 0) is 0 Å². The Labute approximate surface area is 70.8 Å². The number of methoxy groups -OCH3 is 1. The van der Waals surface area contributed by atoms with Crippen LogP contribution in [0.1, 0.15) is 0 Å². The fraction of sp³-hybridized carbons (Fsp3) is 1.00. The highest BCUT2D eigenvalue weighted by atomic mass is 16.5. The molecule has 0 radical (unpaired) electrons. The molecule has 1 aliphatic carbocycles. The van der Waals surface area contributed by atoms with Crippen LogP contribution < -0.4 is 5.73 Å². The van der Waals surface area contributed by atoms with Crippen LogP contribution in [0.2, 0.25) is 0 Å². The molecule has 0 heterocycles. The average Bonchev–Trinajstić information content (AvgIpc) is 2.25. The number of aliphatic hydroxyl groups excluding tert-OH is 3. The van der Waals surface area contributed by atoms with Crippen LogP contribution in [-0.2, 0) is 4.74 Å². The van der Waals surface area contributed by atoms with Crippen molar-refractivity contribution < 1.29 is 20.1 Å². The minimum Gasteiger partial charge on any atom is -0.396 e. The lowest BCUT2D eigenvalue weighted by Gasteiger charge is -2.17. The van der Waals surface area contributed by atoms with Crippen LogP contribution in [0.15, 0.2) is 0 Å². The summed E-state index contributed by atoms with van der Waals surface area (Å²) in [4.78, 5) is 0. The predicted molar refractivity (Wildman–Crippen MR) is 41.4 cm³/mol. The summed E-state index contributed by atoms with van der Waals surface area (Å²) in [6.07, 6.45) is -2.57. The van der Waals surface area contributed by atoms with E-state index in [1.54, 1.807) is 0 Å². The van der Waals surface area contributed by atoms with E-state index in [1.807, 2.05) is 0 Å². The standard InChI is InChI=1S/C7H15NO4/c1-12-7-4(8)3(2-9)5(10)6(7)11/h3-7,9-11H,2,8H2,1H3/t3-,4-,5+,6+,7+/m1/s1. The van der Waals surface area contributed by atoms with Crippen molar-refractivity contribution in [2.75, 3.05) is 13.7 Å². The first-order valence-corrected chi connectivity index (χ1v) is 3.88. The van der Waals surface area contributed by atoms with Gasteiger partial charge in [-0.25, -0.2) is 0 Å². The molecule has 0 aromatic carbocycles. The third-order valence-corrected chi connectivity index (χ3v) is 2.48. The predicted octanol–water partition coefficient (Wildman–Crippen LogP) is -2.33. The normalized spacial score (nSPS) is 48.2. The molecular weight excluding hydrogens is 162 g/mol. The lowest BCUT2D eigenvalue weighted by Crippen LogP contribution is -2.40. The van der Waals surface area contributed by atoms with Gasteiger partial charge in [0.1, 0.15) is 12.2 Å². The molecule has 1 rings (SSSR count). The fourth-order valence-electron chi connectivity index (χ4n) is 1.67. The summed E-state index contributed by atoms with van der Waals surface area (Å²) in [5.74, 6) is -0.495. The van der Waals surface area contributed by atoms with Gasteiger partial charge in [0.2, 0.25) is 0 Å². The van der Waals surface area contributed by atoms with Crippen LogP contribution in [0, 0.1) is 5.92 Å². The van der Waals surface area contributed by atoms with Gasteiger partial charge in [-0.1, -0.05) is 0 Å². The summed E-state index contributed by atoms with van der Waals surface area (Å²) in [5, 5.41) is 27.6. The minimum atomic E-state index is -0.998. The molecule has 0 bridgehead atoms. The van der Waals surface area contributed by atoms with Crippen molar-refractivity contribution in [3.8, 4) is 0 Å². The molecule has 12 heavy (non-hydrogen) atoms. The van der Waals surface area contributed by atoms with Crippen LogP contribution in [0.3, 0.4) is 0 Å². The Hall–Kier alpha value is -0.200. The van der Waals surface area contributed by atoms with E-state index in [1.165, 1.54) is 7.11 Å². The molecule has 5 heteroatoms. The number of hydrogen-bond donors (Lipinski definition) is 4. The average molecular weight is 177 g/mol. The van der Waals surface area contributed by atoms with Crippen LogP contribution in [-0.4, -0.2) is 53.4 Å². The van der Waals surface area contributed by atoms with Crippen molar-refractivity contribution in [3.05, 3.63) is 0 Å². The van der Waals surface area contributed by atoms with E-state index in [-0.39, 0.29) is 6.61 Å². The van der Waals surface area contributed by atoms with Crippen LogP contribution in [0.4, 0.5) is 0 Å². The van der Waals surface area contributed by atoms with E-state index in [0.717, 1.165) is 0 Å². The quantitative estimate of drug-likeness (QED) is 0.379. The van der Waals surface area contributed by atoms with Crippen molar-refractivity contribution in [3.63, 3.8) is 0 Å². The maximum atomic E-state index is 9.36. The Morgan fingerprint density at radius 3 is 2.17 bits per heavy atom. The Balaban J connectivity index is 2.71. The van der Waals surface area contributed by atoms with Gasteiger partial charge in [0.05, 0.1) is 12.7 Å². The number of nitrogens with two attached hydrogens (primary N) is 1. The molecule has 0 saturated heterocycles. The summed E-state index contributed by atoms with van der Waals surface area (Å²) in [5.41, 5.74) is 5.62. The highest BCUT2D eigenvalue weighted by molar-refractivity contribution is 5.00. The summed E-state index contributed by atoms with van der Waals surface area (Å²) in [6, 6.07) is -0.509. The van der Waals surface area contributed by atoms with Crippen molar-refractivity contribution >= 4 is 0 Å². The molecule has 0 amide bonds. The zero-order chi connectivity index (χ0) is 9.30. The molecule has 72 valence electrons. The van der Waals surface area contributed by atoms with E-state index in [9.17, 15) is 10.2 Å². The summed E-state index contributed by atoms with van der Waals surface area (Å²) in [7, 11) is 1.42. The third kappa shape index (κ3) is 1.34. The van der Waals surface area contributed by atoms with Gasteiger partial charge in [-0.3, -0.25) is 0 Å². The number of ether oxygens (including phenoxy) is 1. The van der Waals surface area contributed by atoms with E-state index >= 15 is 0 Å². The molecule has 5 atom stereocenters. The molecule has 1 fully saturated rings. The molecule has 0 aromatic heterocycles. The first kappa shape index (κ1) is 9.88. The lowest BCUT2D eigenvalue weighted by atomic mass is 10.0. The smallest absolute Gasteiger partial charge is 0.108 e. The van der Waals surface area contributed by atoms with Gasteiger partial charge in [0.25, 0.3) is 0 Å². The van der Waals surface area contributed by atoms with Gasteiger partial charge in [-0.15, -0.1) is 0 Å². The Morgan fingerprint density at radius 2 is 1.92 bits per heavy atom. The first-order chi connectivity index (χ1) is 5.63. The van der Waals surface area contributed by atoms with E-state index in [2.05, 4.69) is 0 Å². The topological polar surface area (TPSA) is 95.9 Å². The molecule has 5 nitrogen and oxygen atoms in total. The van der Waals surface area contributed by atoms with E-state index in [4.69, 9.17) is 15.6 Å². The summed E-state index contributed by atoms with van der Waals surface area (Å²) in [6.45, 7) is -0.237. The fourth-order valence-corrected chi connectivity index (χ4v) is 1.67. The van der Waals surface area contributed by atoms with Crippen LogP contribution in [0.5, 0.6) is 0 Å². The Bertz CT molecular complexity index is 138. The van der Waals surface area contributed by atoms with Crippen molar-refractivity contribution in [2.24, 2.45) is 11.7 Å². The molecule has 0 unspecified atom stereocenters. The first-order valence-electron chi connectivity index (χ1n) is 3.88. The van der Waals surface area contributed by atoms with Crippen LogP contribution in [0.25, 0.3) is 0 Å². The van der Waals surface area contributed by atoms with Gasteiger partial charge in [-0.2, -0.15) is 0 Å². The monoisotopic (exact) mass is 177 g/mol. The summed E-state index contributed by atoms with van der Waals surface area (Å²) >= 11 is 0. The molecular formula is C7H15NO4. The Morgan fingerprint density at radius 1 is 1.33 bits per heavy atom. The number of rotatable bonds is 2. The van der Waals surface area contributed by atoms with Crippen molar-refractivity contribution in [1.82, 2.24) is 0 Å². The molecule has 1 saturated carbocycles. The van der Waals surface area contributed by atoms with Crippen molar-refractivity contribution in [1.29, 1.82) is 0 Å². The second kappa shape index (κ2) is 3.68. The Kier molecular flexibility index (Phi) is 3.03. The molecule has 0 aliphatic heterocycles. The SMILES string of the molecule is CO[C@H]1[C@H](N)[C@@H](CO)[C@H](O)[C@@H]1O. The number of hydrogen-bond acceptors (Lipinski definition) is 5. The number of aliphatic hydroxyl groups is 3. The van der Waals surface area contributed by atoms with Gasteiger partial charge in [0, 0.05) is 19.1 Å². The largest absolute Gasteiger partial charge is 0.396 e. The molecule has 1 aliphatic rings. The van der Waals surface area contributed by atoms with Crippen LogP contribution >= 0.6 is 0 Å². The zero-order valence-electron chi connectivity index (χ0n) is 6.92. The van der Waals surface area contributed by atoms with E-state index < -0.39 is 30.3 Å². The maximum Gasteiger partial charge on any atom is 0.108 e. The zero-order valence-corrected chi connectivity index (χ0v) is 6.92. The molecule has 0 spiro atoms. The highest BCUT2D eigenvalue weighted by Crippen LogP contribution is 2.27. The molecule has 5 N–H and O–H groups in total.